The van der Waals surface area contributed by atoms with Gasteiger partial charge in [-0.05, 0) is 43.6 Å². The molecule has 1 fully saturated rings. The third kappa shape index (κ3) is 5.17. The lowest BCUT2D eigenvalue weighted by molar-refractivity contribution is -0.119. The van der Waals surface area contributed by atoms with Gasteiger partial charge >= 0.3 is 0 Å². The highest BCUT2D eigenvalue weighted by atomic mass is 32.2. The van der Waals surface area contributed by atoms with Crippen molar-refractivity contribution in [2.75, 3.05) is 17.6 Å². The summed E-state index contributed by atoms with van der Waals surface area (Å²) in [6.45, 7) is 2.61. The minimum atomic E-state index is -0.743. The Labute approximate surface area is 159 Å². The predicted molar refractivity (Wildman–Crippen MR) is 102 cm³/mol. The SMILES string of the molecule is CC(C#N)(NC(=O)CSc1nnc(NCCc2cccs2)s1)C1CC1. The normalized spacial score (nSPS) is 16.0. The lowest BCUT2D eigenvalue weighted by atomic mass is 9.98. The molecular weight excluding hydrogens is 374 g/mol. The maximum atomic E-state index is 12.1. The second-order valence-electron chi connectivity index (χ2n) is 6.05. The van der Waals surface area contributed by atoms with Crippen LogP contribution in [0.1, 0.15) is 24.6 Å². The molecule has 9 heteroatoms. The van der Waals surface area contributed by atoms with Crippen molar-refractivity contribution in [2.45, 2.75) is 36.1 Å². The molecule has 1 amide bonds. The number of hydrogen-bond acceptors (Lipinski definition) is 8. The average molecular weight is 394 g/mol. The molecule has 0 spiro atoms. The molecule has 1 atom stereocenters. The summed E-state index contributed by atoms with van der Waals surface area (Å²) in [5.74, 6) is 0.392. The number of anilines is 1. The van der Waals surface area contributed by atoms with Crippen LogP contribution >= 0.6 is 34.4 Å². The smallest absolute Gasteiger partial charge is 0.231 e. The maximum Gasteiger partial charge on any atom is 0.231 e. The number of thioether (sulfide) groups is 1. The molecule has 0 bridgehead atoms. The van der Waals surface area contributed by atoms with Crippen LogP contribution in [-0.2, 0) is 11.2 Å². The zero-order valence-corrected chi connectivity index (χ0v) is 16.3. The van der Waals surface area contributed by atoms with E-state index in [9.17, 15) is 10.1 Å². The van der Waals surface area contributed by atoms with E-state index in [-0.39, 0.29) is 17.6 Å². The van der Waals surface area contributed by atoms with E-state index >= 15 is 0 Å². The van der Waals surface area contributed by atoms with Crippen molar-refractivity contribution < 1.29 is 4.79 Å². The molecule has 0 saturated heterocycles. The average Bonchev–Trinajstić information content (AvgIpc) is 3.16. The fraction of sp³-hybridized carbons (Fsp3) is 0.500. The number of hydrogen-bond donors (Lipinski definition) is 2. The molecule has 0 radical (unpaired) electrons. The van der Waals surface area contributed by atoms with Crippen molar-refractivity contribution in [3.63, 3.8) is 0 Å². The van der Waals surface area contributed by atoms with Gasteiger partial charge in [0.25, 0.3) is 0 Å². The summed E-state index contributed by atoms with van der Waals surface area (Å²) >= 11 is 4.53. The summed E-state index contributed by atoms with van der Waals surface area (Å²) < 4.78 is 0.749. The van der Waals surface area contributed by atoms with Crippen molar-refractivity contribution in [2.24, 2.45) is 5.92 Å². The van der Waals surface area contributed by atoms with Crippen LogP contribution in [0, 0.1) is 17.2 Å². The van der Waals surface area contributed by atoms with E-state index in [4.69, 9.17) is 0 Å². The van der Waals surface area contributed by atoms with Crippen molar-refractivity contribution in [1.82, 2.24) is 15.5 Å². The number of rotatable bonds is 9. The Kier molecular flexibility index (Phi) is 5.93. The standard InChI is InChI=1S/C16H19N5OS3/c1-16(10-17,11-4-5-11)19-13(22)9-24-15-21-20-14(25-15)18-7-6-12-3-2-8-23-12/h2-3,8,11H,4-7,9H2,1H3,(H,18,20)(H,19,22). The quantitative estimate of drug-likeness (QED) is 0.636. The number of nitrogens with one attached hydrogen (secondary N) is 2. The fourth-order valence-corrected chi connectivity index (χ4v) is 4.71. The minimum Gasteiger partial charge on any atom is -0.360 e. The molecule has 132 valence electrons. The molecule has 2 heterocycles. The molecule has 2 aromatic heterocycles. The van der Waals surface area contributed by atoms with Crippen molar-refractivity contribution in [1.29, 1.82) is 5.26 Å². The monoisotopic (exact) mass is 393 g/mol. The van der Waals surface area contributed by atoms with Gasteiger partial charge in [-0.3, -0.25) is 4.79 Å². The molecule has 0 aliphatic heterocycles. The summed E-state index contributed by atoms with van der Waals surface area (Å²) in [5, 5.41) is 26.4. The number of nitrogens with zero attached hydrogens (tertiary/aromatic N) is 3. The first kappa shape index (κ1) is 18.2. The van der Waals surface area contributed by atoms with Gasteiger partial charge in [0.15, 0.2) is 4.34 Å². The highest BCUT2D eigenvalue weighted by molar-refractivity contribution is 8.01. The van der Waals surface area contributed by atoms with Gasteiger partial charge in [-0.15, -0.1) is 21.5 Å². The summed E-state index contributed by atoms with van der Waals surface area (Å²) in [4.78, 5) is 13.4. The van der Waals surface area contributed by atoms with Gasteiger partial charge in [-0.1, -0.05) is 29.2 Å². The molecule has 6 nitrogen and oxygen atoms in total. The van der Waals surface area contributed by atoms with Crippen LogP contribution in [0.2, 0.25) is 0 Å². The molecule has 1 aliphatic carbocycles. The number of aromatic nitrogens is 2. The maximum absolute atomic E-state index is 12.1. The van der Waals surface area contributed by atoms with Gasteiger partial charge in [0.2, 0.25) is 11.0 Å². The van der Waals surface area contributed by atoms with Gasteiger partial charge in [0, 0.05) is 11.4 Å². The van der Waals surface area contributed by atoms with E-state index in [1.54, 1.807) is 18.3 Å². The van der Waals surface area contributed by atoms with Crippen LogP contribution in [0.4, 0.5) is 5.13 Å². The van der Waals surface area contributed by atoms with E-state index in [1.165, 1.54) is 28.0 Å². The van der Waals surface area contributed by atoms with Crippen LogP contribution in [0.25, 0.3) is 0 Å². The summed E-state index contributed by atoms with van der Waals surface area (Å²) in [6, 6.07) is 6.39. The van der Waals surface area contributed by atoms with Gasteiger partial charge in [-0.2, -0.15) is 5.26 Å². The Morgan fingerprint density at radius 2 is 2.36 bits per heavy atom. The van der Waals surface area contributed by atoms with Gasteiger partial charge < -0.3 is 10.6 Å². The van der Waals surface area contributed by atoms with Gasteiger partial charge in [-0.25, -0.2) is 0 Å². The van der Waals surface area contributed by atoms with Crippen molar-refractivity contribution in [3.05, 3.63) is 22.4 Å². The first-order valence-electron chi connectivity index (χ1n) is 8.04. The Balaban J connectivity index is 1.40. The largest absolute Gasteiger partial charge is 0.360 e. The highest BCUT2D eigenvalue weighted by Gasteiger charge is 2.42. The molecule has 3 rings (SSSR count). The lowest BCUT2D eigenvalue weighted by Gasteiger charge is -2.22. The van der Waals surface area contributed by atoms with Crippen molar-refractivity contribution >= 4 is 45.5 Å². The Bertz CT molecular complexity index is 750. The Morgan fingerprint density at radius 3 is 3.04 bits per heavy atom. The summed E-state index contributed by atoms with van der Waals surface area (Å²) in [5.41, 5.74) is -0.743. The third-order valence-corrected chi connectivity index (χ3v) is 6.94. The molecule has 2 aromatic rings. The van der Waals surface area contributed by atoms with E-state index in [1.807, 2.05) is 6.07 Å². The topological polar surface area (TPSA) is 90.7 Å². The van der Waals surface area contributed by atoms with Crippen LogP contribution in [0.5, 0.6) is 0 Å². The van der Waals surface area contributed by atoms with Gasteiger partial charge in [0.05, 0.1) is 11.8 Å². The molecule has 2 N–H and O–H groups in total. The van der Waals surface area contributed by atoms with E-state index < -0.39 is 5.54 Å². The van der Waals surface area contributed by atoms with E-state index in [0.717, 1.165) is 35.3 Å². The first-order valence-corrected chi connectivity index (χ1v) is 10.7. The molecular formula is C16H19N5OS3. The second-order valence-corrected chi connectivity index (χ2v) is 9.29. The first-order chi connectivity index (χ1) is 12.1. The minimum absolute atomic E-state index is 0.136. The second kappa shape index (κ2) is 8.17. The summed E-state index contributed by atoms with van der Waals surface area (Å²) in [7, 11) is 0. The van der Waals surface area contributed by atoms with Crippen LogP contribution < -0.4 is 10.6 Å². The number of carbonyl (C=O) groups excluding carboxylic acids is 1. The third-order valence-electron chi connectivity index (χ3n) is 3.99. The number of nitriles is 1. The van der Waals surface area contributed by atoms with Gasteiger partial charge in [0.1, 0.15) is 5.54 Å². The van der Waals surface area contributed by atoms with Crippen molar-refractivity contribution in [3.8, 4) is 6.07 Å². The zero-order valence-electron chi connectivity index (χ0n) is 13.8. The van der Waals surface area contributed by atoms with E-state index in [0.29, 0.717) is 0 Å². The van der Waals surface area contributed by atoms with Crippen LogP contribution in [0.3, 0.4) is 0 Å². The zero-order chi connectivity index (χ0) is 17.7. The molecule has 0 aromatic carbocycles. The van der Waals surface area contributed by atoms with Crippen LogP contribution in [0.15, 0.2) is 21.9 Å². The van der Waals surface area contributed by atoms with E-state index in [2.05, 4.69) is 38.3 Å². The number of carbonyl (C=O) groups is 1. The highest BCUT2D eigenvalue weighted by Crippen LogP contribution is 2.39. The Morgan fingerprint density at radius 1 is 1.52 bits per heavy atom. The molecule has 1 aliphatic rings. The molecule has 1 saturated carbocycles. The molecule has 1 unspecified atom stereocenters. The predicted octanol–water partition coefficient (Wildman–Crippen LogP) is 3.15. The lowest BCUT2D eigenvalue weighted by Crippen LogP contribution is -2.47. The number of amides is 1. The Hall–Kier alpha value is -1.63. The number of thiophene rings is 1. The molecule has 25 heavy (non-hydrogen) atoms. The van der Waals surface area contributed by atoms with Crippen LogP contribution in [-0.4, -0.2) is 33.9 Å². The fourth-order valence-electron chi connectivity index (χ4n) is 2.42. The summed E-state index contributed by atoms with van der Waals surface area (Å²) in [6.07, 6.45) is 2.97.